The molecule has 96 valence electrons. The predicted molar refractivity (Wildman–Crippen MR) is 76.6 cm³/mol. The molecule has 0 aliphatic carbocycles. The fourth-order valence-corrected chi connectivity index (χ4v) is 2.22. The number of anilines is 2. The first-order valence-corrected chi connectivity index (χ1v) is 6.20. The van der Waals surface area contributed by atoms with Crippen LogP contribution in [0.1, 0.15) is 11.3 Å². The monoisotopic (exact) mass is 264 g/mol. The van der Waals surface area contributed by atoms with Gasteiger partial charge in [-0.1, -0.05) is 17.7 Å². The number of nitrogens with one attached hydrogen (secondary N) is 1. The summed E-state index contributed by atoms with van der Waals surface area (Å²) in [6.45, 7) is 2.69. The molecule has 1 aromatic carbocycles. The highest BCUT2D eigenvalue weighted by Crippen LogP contribution is 2.32. The zero-order chi connectivity index (χ0) is 13.1. The van der Waals surface area contributed by atoms with E-state index < -0.39 is 0 Å². The van der Waals surface area contributed by atoms with Gasteiger partial charge in [-0.05, 0) is 30.7 Å². The Morgan fingerprint density at radius 1 is 1.28 bits per heavy atom. The van der Waals surface area contributed by atoms with Gasteiger partial charge in [-0.3, -0.25) is 0 Å². The molecular formula is C14H17ClN2O. The lowest BCUT2D eigenvalue weighted by Gasteiger charge is -2.19. The van der Waals surface area contributed by atoms with Crippen molar-refractivity contribution in [3.8, 4) is 0 Å². The van der Waals surface area contributed by atoms with Crippen LogP contribution < -0.4 is 10.2 Å². The van der Waals surface area contributed by atoms with Gasteiger partial charge in [0.05, 0.1) is 29.2 Å². The highest BCUT2D eigenvalue weighted by atomic mass is 35.5. The highest BCUT2D eigenvalue weighted by Gasteiger charge is 2.09. The number of aryl methyl sites for hydroxylation is 1. The molecule has 0 radical (unpaired) electrons. The summed E-state index contributed by atoms with van der Waals surface area (Å²) >= 11 is 6.21. The summed E-state index contributed by atoms with van der Waals surface area (Å²) in [5.74, 6) is 0.944. The lowest BCUT2D eigenvalue weighted by molar-refractivity contribution is 0.515. The van der Waals surface area contributed by atoms with E-state index in [0.29, 0.717) is 6.54 Å². The molecule has 0 aliphatic heterocycles. The molecule has 2 rings (SSSR count). The summed E-state index contributed by atoms with van der Waals surface area (Å²) in [7, 11) is 3.95. The van der Waals surface area contributed by atoms with Gasteiger partial charge >= 0.3 is 0 Å². The molecule has 0 saturated carbocycles. The molecule has 0 bridgehead atoms. The van der Waals surface area contributed by atoms with Crippen molar-refractivity contribution < 1.29 is 4.42 Å². The Morgan fingerprint density at radius 2 is 2.06 bits per heavy atom. The maximum atomic E-state index is 6.21. The Balaban J connectivity index is 2.19. The minimum absolute atomic E-state index is 0.653. The van der Waals surface area contributed by atoms with Gasteiger partial charge in [0.2, 0.25) is 0 Å². The fraction of sp³-hybridized carbons (Fsp3) is 0.286. The third kappa shape index (κ3) is 2.62. The molecule has 4 heteroatoms. The number of hydrogen-bond donors (Lipinski definition) is 1. The van der Waals surface area contributed by atoms with Crippen LogP contribution in [0.25, 0.3) is 0 Å². The van der Waals surface area contributed by atoms with Crippen molar-refractivity contribution in [3.05, 3.63) is 46.9 Å². The van der Waals surface area contributed by atoms with Crippen molar-refractivity contribution in [2.75, 3.05) is 24.3 Å². The van der Waals surface area contributed by atoms with E-state index >= 15 is 0 Å². The standard InChI is InChI=1S/C14H17ClN2O/c1-10-7-8-18-13(10)9-16-12-6-4-5-11(15)14(12)17(2)3/h4-8,16H,9H2,1-3H3. The van der Waals surface area contributed by atoms with Crippen LogP contribution in [-0.2, 0) is 6.54 Å². The number of halogens is 1. The predicted octanol–water partition coefficient (Wildman–Crippen LogP) is 3.92. The Labute approximate surface area is 112 Å². The number of rotatable bonds is 4. The molecule has 0 amide bonds. The number of hydrogen-bond acceptors (Lipinski definition) is 3. The first-order valence-electron chi connectivity index (χ1n) is 5.82. The molecule has 0 unspecified atom stereocenters. The third-order valence-corrected chi connectivity index (χ3v) is 3.15. The maximum Gasteiger partial charge on any atom is 0.125 e. The highest BCUT2D eigenvalue weighted by molar-refractivity contribution is 6.34. The Hall–Kier alpha value is -1.61. The van der Waals surface area contributed by atoms with Crippen molar-refractivity contribution in [2.24, 2.45) is 0 Å². The molecule has 0 saturated heterocycles. The summed E-state index contributed by atoms with van der Waals surface area (Å²) in [6.07, 6.45) is 1.71. The lowest BCUT2D eigenvalue weighted by atomic mass is 10.2. The minimum Gasteiger partial charge on any atom is -0.467 e. The average molecular weight is 265 g/mol. The van der Waals surface area contributed by atoms with E-state index in [9.17, 15) is 0 Å². The Bertz CT molecular complexity index is 534. The van der Waals surface area contributed by atoms with Crippen LogP contribution in [0.3, 0.4) is 0 Å². The van der Waals surface area contributed by atoms with E-state index in [1.807, 2.05) is 50.2 Å². The van der Waals surface area contributed by atoms with Gasteiger partial charge in [0.25, 0.3) is 0 Å². The van der Waals surface area contributed by atoms with Crippen molar-refractivity contribution in [1.29, 1.82) is 0 Å². The zero-order valence-electron chi connectivity index (χ0n) is 10.8. The first kappa shape index (κ1) is 12.8. The van der Waals surface area contributed by atoms with E-state index in [2.05, 4.69) is 5.32 Å². The number of nitrogens with zero attached hydrogens (tertiary/aromatic N) is 1. The lowest BCUT2D eigenvalue weighted by Crippen LogP contribution is -2.12. The summed E-state index contributed by atoms with van der Waals surface area (Å²) in [4.78, 5) is 2.00. The van der Waals surface area contributed by atoms with E-state index in [1.165, 1.54) is 0 Å². The largest absolute Gasteiger partial charge is 0.467 e. The van der Waals surface area contributed by atoms with E-state index in [-0.39, 0.29) is 0 Å². The normalized spacial score (nSPS) is 10.4. The van der Waals surface area contributed by atoms with Crippen LogP contribution in [0.5, 0.6) is 0 Å². The van der Waals surface area contributed by atoms with Crippen molar-refractivity contribution in [3.63, 3.8) is 0 Å². The van der Waals surface area contributed by atoms with Crippen molar-refractivity contribution in [1.82, 2.24) is 0 Å². The molecule has 3 nitrogen and oxygen atoms in total. The SMILES string of the molecule is Cc1ccoc1CNc1cccc(Cl)c1N(C)C. The maximum absolute atomic E-state index is 6.21. The summed E-state index contributed by atoms with van der Waals surface area (Å²) in [5, 5.41) is 4.10. The second-order valence-corrected chi connectivity index (χ2v) is 4.82. The number of para-hydroxylation sites is 1. The van der Waals surface area contributed by atoms with Crippen LogP contribution in [0.2, 0.25) is 5.02 Å². The van der Waals surface area contributed by atoms with E-state index in [1.54, 1.807) is 6.26 Å². The van der Waals surface area contributed by atoms with Gasteiger partial charge < -0.3 is 14.6 Å². The summed E-state index contributed by atoms with van der Waals surface area (Å²) in [5.41, 5.74) is 3.14. The van der Waals surface area contributed by atoms with Crippen LogP contribution >= 0.6 is 11.6 Å². The molecular weight excluding hydrogens is 248 g/mol. The van der Waals surface area contributed by atoms with Gasteiger partial charge in [0.1, 0.15) is 5.76 Å². The van der Waals surface area contributed by atoms with Gasteiger partial charge in [-0.25, -0.2) is 0 Å². The molecule has 0 fully saturated rings. The van der Waals surface area contributed by atoms with Gasteiger partial charge in [0.15, 0.2) is 0 Å². The number of furan rings is 1. The van der Waals surface area contributed by atoms with E-state index in [4.69, 9.17) is 16.0 Å². The van der Waals surface area contributed by atoms with Crippen LogP contribution in [0.4, 0.5) is 11.4 Å². The quantitative estimate of drug-likeness (QED) is 0.907. The van der Waals surface area contributed by atoms with E-state index in [0.717, 1.165) is 27.7 Å². The number of benzene rings is 1. The van der Waals surface area contributed by atoms with Gasteiger partial charge in [-0.2, -0.15) is 0 Å². The van der Waals surface area contributed by atoms with Gasteiger partial charge in [0, 0.05) is 14.1 Å². The second-order valence-electron chi connectivity index (χ2n) is 4.41. The van der Waals surface area contributed by atoms with Crippen LogP contribution in [0.15, 0.2) is 34.9 Å². The molecule has 2 aromatic rings. The Morgan fingerprint density at radius 3 is 2.67 bits per heavy atom. The first-order chi connectivity index (χ1) is 8.59. The molecule has 0 aliphatic rings. The molecule has 1 aromatic heterocycles. The fourth-order valence-electron chi connectivity index (χ4n) is 1.87. The molecule has 18 heavy (non-hydrogen) atoms. The molecule has 0 spiro atoms. The molecule has 1 N–H and O–H groups in total. The smallest absolute Gasteiger partial charge is 0.125 e. The second kappa shape index (κ2) is 5.36. The van der Waals surface area contributed by atoms with Gasteiger partial charge in [-0.15, -0.1) is 0 Å². The zero-order valence-corrected chi connectivity index (χ0v) is 11.6. The topological polar surface area (TPSA) is 28.4 Å². The Kier molecular flexibility index (Phi) is 3.82. The van der Waals surface area contributed by atoms with Crippen molar-refractivity contribution >= 4 is 23.0 Å². The molecule has 0 atom stereocenters. The van der Waals surface area contributed by atoms with Crippen molar-refractivity contribution in [2.45, 2.75) is 13.5 Å². The molecule has 1 heterocycles. The van der Waals surface area contributed by atoms with Crippen LogP contribution in [0, 0.1) is 6.92 Å². The minimum atomic E-state index is 0.653. The summed E-state index contributed by atoms with van der Waals surface area (Å²) in [6, 6.07) is 7.80. The third-order valence-electron chi connectivity index (χ3n) is 2.84. The van der Waals surface area contributed by atoms with Crippen LogP contribution in [-0.4, -0.2) is 14.1 Å². The average Bonchev–Trinajstić information content (AvgIpc) is 2.71. The summed E-state index contributed by atoms with van der Waals surface area (Å²) < 4.78 is 5.41.